The number of aryl methyl sites for hydroxylation is 1. The Morgan fingerprint density at radius 1 is 1.05 bits per heavy atom. The van der Waals surface area contributed by atoms with Crippen LogP contribution in [0, 0.1) is 0 Å². The van der Waals surface area contributed by atoms with Gasteiger partial charge in [0.1, 0.15) is 0 Å². The van der Waals surface area contributed by atoms with E-state index in [2.05, 4.69) is 51.8 Å². The monoisotopic (exact) mass is 511 g/mol. The summed E-state index contributed by atoms with van der Waals surface area (Å²) in [6, 6.07) is 20.9. The Morgan fingerprint density at radius 3 is 2.51 bits per heavy atom. The molecule has 1 aliphatic heterocycles. The molecule has 0 unspecified atom stereocenters. The highest BCUT2D eigenvalue weighted by Gasteiger charge is 2.21. The first kappa shape index (κ1) is 24.5. The van der Waals surface area contributed by atoms with Crippen LogP contribution in [0.15, 0.2) is 72.9 Å². The van der Waals surface area contributed by atoms with Crippen molar-refractivity contribution in [3.05, 3.63) is 100 Å². The zero-order chi connectivity index (χ0) is 25.9. The predicted octanol–water partition coefficient (Wildman–Crippen LogP) is 5.87. The van der Waals surface area contributed by atoms with Crippen LogP contribution < -0.4 is 10.6 Å². The van der Waals surface area contributed by atoms with Gasteiger partial charge in [-0.1, -0.05) is 42.8 Å². The molecule has 0 atom stereocenters. The van der Waals surface area contributed by atoms with Crippen LogP contribution in [0.25, 0.3) is 11.3 Å². The lowest BCUT2D eigenvalue weighted by Gasteiger charge is -2.18. The first-order valence-corrected chi connectivity index (χ1v) is 12.4. The highest BCUT2D eigenvalue weighted by Crippen LogP contribution is 2.34. The van der Waals surface area contributed by atoms with Gasteiger partial charge in [-0.25, -0.2) is 9.97 Å². The molecule has 1 aliphatic rings. The molecule has 0 saturated carbocycles. The summed E-state index contributed by atoms with van der Waals surface area (Å²) in [5, 5.41) is 6.61. The van der Waals surface area contributed by atoms with E-state index in [1.807, 2.05) is 18.2 Å². The Bertz CT molecular complexity index is 1470. The third-order valence-corrected chi connectivity index (χ3v) is 6.55. The Kier molecular flexibility index (Phi) is 6.88. The summed E-state index contributed by atoms with van der Waals surface area (Å²) in [6.07, 6.45) is 2.83. The summed E-state index contributed by atoms with van der Waals surface area (Å²) in [7, 11) is 1.80. The lowest BCUT2D eigenvalue weighted by molar-refractivity contribution is -0.115. The van der Waals surface area contributed by atoms with E-state index in [1.165, 1.54) is 5.56 Å². The molecule has 0 saturated heterocycles. The number of anilines is 3. The molecule has 4 aromatic rings. The molecule has 2 N–H and O–H groups in total. The highest BCUT2D eigenvalue weighted by molar-refractivity contribution is 6.31. The second kappa shape index (κ2) is 10.4. The van der Waals surface area contributed by atoms with Gasteiger partial charge in [-0.3, -0.25) is 9.59 Å². The second-order valence-electron chi connectivity index (χ2n) is 9.02. The van der Waals surface area contributed by atoms with Gasteiger partial charge in [-0.05, 0) is 60.0 Å². The largest absolute Gasteiger partial charge is 0.337 e. The lowest BCUT2D eigenvalue weighted by Crippen LogP contribution is -2.26. The number of carbonyl (C=O) groups excluding carboxylic acids is 2. The summed E-state index contributed by atoms with van der Waals surface area (Å²) < 4.78 is 0. The van der Waals surface area contributed by atoms with E-state index in [0.29, 0.717) is 34.5 Å². The summed E-state index contributed by atoms with van der Waals surface area (Å²) >= 11 is 6.13. The smallest absolute Gasteiger partial charge is 0.253 e. The van der Waals surface area contributed by atoms with Gasteiger partial charge in [0.05, 0.1) is 17.8 Å². The molecule has 7 nitrogen and oxygen atoms in total. The van der Waals surface area contributed by atoms with Crippen molar-refractivity contribution in [2.45, 2.75) is 26.3 Å². The van der Waals surface area contributed by atoms with Gasteiger partial charge in [0.2, 0.25) is 11.9 Å². The maximum Gasteiger partial charge on any atom is 0.253 e. The van der Waals surface area contributed by atoms with Crippen LogP contribution in [0.5, 0.6) is 0 Å². The number of fused-ring (bicyclic) bond motifs is 3. The van der Waals surface area contributed by atoms with Gasteiger partial charge >= 0.3 is 0 Å². The molecule has 2 amide bonds. The number of nitrogens with zero attached hydrogens (tertiary/aromatic N) is 3. The second-order valence-corrected chi connectivity index (χ2v) is 9.45. The van der Waals surface area contributed by atoms with E-state index in [9.17, 15) is 9.59 Å². The average Bonchev–Trinajstić information content (AvgIpc) is 3.03. The number of amides is 2. The lowest BCUT2D eigenvalue weighted by atomic mass is 10.1. The molecule has 0 fully saturated rings. The molecule has 0 radical (unpaired) electrons. The molecule has 0 aliphatic carbocycles. The minimum absolute atomic E-state index is 0.0557. The van der Waals surface area contributed by atoms with Crippen LogP contribution in [0.4, 0.5) is 17.3 Å². The maximum atomic E-state index is 12.9. The Morgan fingerprint density at radius 2 is 1.78 bits per heavy atom. The fourth-order valence-corrected chi connectivity index (χ4v) is 4.47. The molecule has 2 heterocycles. The fraction of sp³-hybridized carbons (Fsp3) is 0.172. The molecule has 37 heavy (non-hydrogen) atoms. The quantitative estimate of drug-likeness (QED) is 0.338. The van der Waals surface area contributed by atoms with Gasteiger partial charge in [0.15, 0.2) is 0 Å². The zero-order valence-corrected chi connectivity index (χ0v) is 21.3. The number of halogens is 1. The predicted molar refractivity (Wildman–Crippen MR) is 146 cm³/mol. The molecule has 8 heteroatoms. The first-order chi connectivity index (χ1) is 17.9. The van der Waals surface area contributed by atoms with E-state index in [1.54, 1.807) is 42.4 Å². The standard InChI is InChI=1S/C29H26ClN5O2/c1-3-18-4-6-19(7-5-18)17-35(2)28(37)20-8-11-23(12-9-20)32-29-31-16-21-14-26(36)33-25-15-22(30)10-13-24(25)27(21)34-29/h4-13,15-16H,3,14,17H2,1-2H3,(H,33,36)(H,31,32,34). The van der Waals surface area contributed by atoms with Crippen molar-refractivity contribution >= 4 is 40.7 Å². The Balaban J connectivity index is 1.31. The van der Waals surface area contributed by atoms with E-state index in [-0.39, 0.29) is 18.2 Å². The number of rotatable bonds is 6. The van der Waals surface area contributed by atoms with Crippen LogP contribution in [0.1, 0.15) is 34.0 Å². The number of aromatic nitrogens is 2. The molecule has 0 bridgehead atoms. The molecule has 3 aromatic carbocycles. The van der Waals surface area contributed by atoms with Crippen LogP contribution in [-0.4, -0.2) is 33.7 Å². The summed E-state index contributed by atoms with van der Waals surface area (Å²) in [5.74, 6) is 0.190. The maximum absolute atomic E-state index is 12.9. The first-order valence-electron chi connectivity index (χ1n) is 12.1. The van der Waals surface area contributed by atoms with Gasteiger partial charge in [0.25, 0.3) is 5.91 Å². The summed E-state index contributed by atoms with van der Waals surface area (Å²) in [4.78, 5) is 36.0. The molecule has 5 rings (SSSR count). The molecule has 0 spiro atoms. The summed E-state index contributed by atoms with van der Waals surface area (Å²) in [5.41, 5.74) is 6.51. The van der Waals surface area contributed by atoms with Crippen molar-refractivity contribution < 1.29 is 9.59 Å². The molecule has 186 valence electrons. The Labute approximate surface area is 220 Å². The highest BCUT2D eigenvalue weighted by atomic mass is 35.5. The average molecular weight is 512 g/mol. The van der Waals surface area contributed by atoms with Gasteiger partial charge < -0.3 is 15.5 Å². The van der Waals surface area contributed by atoms with Crippen LogP contribution >= 0.6 is 11.6 Å². The number of carbonyl (C=O) groups is 2. The van der Waals surface area contributed by atoms with Crippen molar-refractivity contribution in [3.8, 4) is 11.3 Å². The molecular weight excluding hydrogens is 486 g/mol. The fourth-order valence-electron chi connectivity index (χ4n) is 4.29. The normalized spacial score (nSPS) is 12.1. The number of benzene rings is 3. The van der Waals surface area contributed by atoms with Crippen molar-refractivity contribution in [2.24, 2.45) is 0 Å². The van der Waals surface area contributed by atoms with Crippen LogP contribution in [-0.2, 0) is 24.2 Å². The zero-order valence-electron chi connectivity index (χ0n) is 20.6. The number of hydrogen-bond acceptors (Lipinski definition) is 5. The molecular formula is C29H26ClN5O2. The molecule has 1 aromatic heterocycles. The van der Waals surface area contributed by atoms with Crippen molar-refractivity contribution in [2.75, 3.05) is 17.7 Å². The topological polar surface area (TPSA) is 87.2 Å². The third-order valence-electron chi connectivity index (χ3n) is 6.31. The van der Waals surface area contributed by atoms with Crippen molar-refractivity contribution in [1.29, 1.82) is 0 Å². The van der Waals surface area contributed by atoms with E-state index < -0.39 is 0 Å². The Hall–Kier alpha value is -4.23. The van der Waals surface area contributed by atoms with Crippen LogP contribution in [0.2, 0.25) is 5.02 Å². The number of hydrogen-bond donors (Lipinski definition) is 2. The van der Waals surface area contributed by atoms with Gasteiger partial charge in [-0.2, -0.15) is 0 Å². The van der Waals surface area contributed by atoms with E-state index in [4.69, 9.17) is 11.6 Å². The van der Waals surface area contributed by atoms with Gasteiger partial charge in [-0.15, -0.1) is 0 Å². The van der Waals surface area contributed by atoms with Crippen molar-refractivity contribution in [3.63, 3.8) is 0 Å². The van der Waals surface area contributed by atoms with E-state index in [0.717, 1.165) is 28.8 Å². The number of nitrogens with one attached hydrogen (secondary N) is 2. The minimum atomic E-state index is -0.144. The summed E-state index contributed by atoms with van der Waals surface area (Å²) in [6.45, 7) is 2.66. The SMILES string of the molecule is CCc1ccc(CN(C)C(=O)c2ccc(Nc3ncc4c(n3)-c3ccc(Cl)cc3NC(=O)C4)cc2)cc1. The van der Waals surface area contributed by atoms with Gasteiger partial charge in [0, 0.05) is 47.2 Å². The van der Waals surface area contributed by atoms with Crippen LogP contribution in [0.3, 0.4) is 0 Å². The minimum Gasteiger partial charge on any atom is -0.337 e. The third kappa shape index (κ3) is 5.47. The van der Waals surface area contributed by atoms with E-state index >= 15 is 0 Å². The van der Waals surface area contributed by atoms with Crippen molar-refractivity contribution in [1.82, 2.24) is 14.9 Å².